The number of hydrogen-bond donors (Lipinski definition) is 1. The third kappa shape index (κ3) is 5.98. The summed E-state index contributed by atoms with van der Waals surface area (Å²) in [6.45, 7) is 10.6. The van der Waals surface area contributed by atoms with Gasteiger partial charge in [0.2, 0.25) is 0 Å². The Morgan fingerprint density at radius 1 is 1.22 bits per heavy atom. The van der Waals surface area contributed by atoms with Crippen molar-refractivity contribution in [3.8, 4) is 6.07 Å². The number of carbonyl (C=O) groups excluding carboxylic acids is 1. The molecule has 1 N–H and O–H groups in total. The van der Waals surface area contributed by atoms with Gasteiger partial charge in [-0.25, -0.2) is 9.97 Å². The lowest BCUT2D eigenvalue weighted by Gasteiger charge is -2.16. The van der Waals surface area contributed by atoms with Gasteiger partial charge in [0.05, 0.1) is 59.6 Å². The molecular weight excluding hydrogens is 536 g/mol. The number of pyridine rings is 2. The van der Waals surface area contributed by atoms with Crippen molar-refractivity contribution < 1.29 is 4.79 Å². The van der Waals surface area contributed by atoms with Crippen LogP contribution < -0.4 is 5.32 Å². The molecule has 212 valence electrons. The molecular formula is C31H35ClN8O. The molecule has 1 amide bonds. The highest BCUT2D eigenvalue weighted by Gasteiger charge is 2.27. The van der Waals surface area contributed by atoms with Crippen molar-refractivity contribution in [2.45, 2.75) is 72.9 Å². The molecule has 0 unspecified atom stereocenters. The van der Waals surface area contributed by atoms with Crippen LogP contribution in [-0.4, -0.2) is 34.5 Å². The Balaban J connectivity index is 0.00000165. The van der Waals surface area contributed by atoms with Crippen LogP contribution in [0.1, 0.15) is 84.9 Å². The minimum absolute atomic E-state index is 0.229. The number of halogens is 1. The molecule has 0 atom stereocenters. The molecule has 0 aromatic carbocycles. The van der Waals surface area contributed by atoms with Crippen LogP contribution in [0.3, 0.4) is 0 Å². The van der Waals surface area contributed by atoms with E-state index in [1.807, 2.05) is 57.5 Å². The van der Waals surface area contributed by atoms with E-state index in [9.17, 15) is 10.1 Å². The smallest absolute Gasteiger partial charge is 0.254 e. The molecule has 41 heavy (non-hydrogen) atoms. The van der Waals surface area contributed by atoms with Crippen molar-refractivity contribution in [1.82, 2.24) is 33.9 Å². The van der Waals surface area contributed by atoms with Crippen LogP contribution in [0, 0.1) is 23.7 Å². The van der Waals surface area contributed by atoms with Crippen molar-refractivity contribution >= 4 is 28.7 Å². The zero-order chi connectivity index (χ0) is 29.3. The molecule has 10 heteroatoms. The van der Waals surface area contributed by atoms with Gasteiger partial charge in [-0.2, -0.15) is 10.4 Å². The summed E-state index contributed by atoms with van der Waals surface area (Å²) in [4.78, 5) is 22.2. The van der Waals surface area contributed by atoms with Gasteiger partial charge in [0.1, 0.15) is 5.65 Å². The number of amides is 1. The van der Waals surface area contributed by atoms with Gasteiger partial charge < -0.3 is 14.1 Å². The highest BCUT2D eigenvalue weighted by atomic mass is 35.5. The fraction of sp³-hybridized carbons (Fsp3) is 0.387. The highest BCUT2D eigenvalue weighted by Crippen LogP contribution is 2.41. The number of hydrogen-bond acceptors (Lipinski definition) is 5. The van der Waals surface area contributed by atoms with Crippen LogP contribution >= 0.6 is 11.6 Å². The molecule has 1 aliphatic rings. The zero-order valence-corrected chi connectivity index (χ0v) is 24.9. The first-order chi connectivity index (χ1) is 19.7. The molecule has 9 nitrogen and oxygen atoms in total. The van der Waals surface area contributed by atoms with E-state index in [-0.39, 0.29) is 12.5 Å². The number of fused-ring (bicyclic) bond motifs is 2. The largest absolute Gasteiger partial charge is 0.346 e. The number of rotatable bonds is 8. The Morgan fingerprint density at radius 3 is 2.73 bits per heavy atom. The second-order valence-corrected chi connectivity index (χ2v) is 11.5. The minimum atomic E-state index is -0.479. The van der Waals surface area contributed by atoms with Gasteiger partial charge in [0.15, 0.2) is 0 Å². The van der Waals surface area contributed by atoms with Crippen LogP contribution in [0.5, 0.6) is 0 Å². The second kappa shape index (κ2) is 11.4. The lowest BCUT2D eigenvalue weighted by Crippen LogP contribution is -2.22. The average Bonchev–Trinajstić information content (AvgIpc) is 3.36. The summed E-state index contributed by atoms with van der Waals surface area (Å²) in [6.07, 6.45) is 14.1. The number of nitrogens with one attached hydrogen (secondary N) is 1. The SMILES string of the molecule is CC.Cc1c(Cl)ccn2cnc(CNC(=O)c3cnn(Cc4cn5cc(C6CC6)cc(CC(C)(C)C#N)c5n4)c3)c12. The van der Waals surface area contributed by atoms with Crippen LogP contribution in [0.4, 0.5) is 0 Å². The van der Waals surface area contributed by atoms with Gasteiger partial charge >= 0.3 is 0 Å². The molecule has 5 aromatic heterocycles. The quantitative estimate of drug-likeness (QED) is 0.242. The number of carbonyl (C=O) groups is 1. The third-order valence-corrected chi connectivity index (χ3v) is 7.69. The number of imidazole rings is 2. The number of nitrogens with zero attached hydrogens (tertiary/aromatic N) is 7. The van der Waals surface area contributed by atoms with Crippen molar-refractivity contribution in [2.24, 2.45) is 5.41 Å². The van der Waals surface area contributed by atoms with E-state index in [1.54, 1.807) is 23.4 Å². The Hall–Kier alpha value is -4.16. The summed E-state index contributed by atoms with van der Waals surface area (Å²) in [5.41, 5.74) is 6.64. The molecule has 0 bridgehead atoms. The lowest BCUT2D eigenvalue weighted by molar-refractivity contribution is 0.0950. The van der Waals surface area contributed by atoms with Crippen molar-refractivity contribution in [1.29, 1.82) is 5.26 Å². The zero-order valence-electron chi connectivity index (χ0n) is 24.1. The third-order valence-electron chi connectivity index (χ3n) is 7.28. The molecule has 1 fully saturated rings. The Kier molecular flexibility index (Phi) is 7.87. The van der Waals surface area contributed by atoms with Gasteiger partial charge in [-0.15, -0.1) is 0 Å². The Bertz CT molecular complexity index is 1770. The number of nitriles is 1. The minimum Gasteiger partial charge on any atom is -0.346 e. The topological polar surface area (TPSA) is 105 Å². The molecule has 5 aromatic rings. The molecule has 1 aliphatic carbocycles. The monoisotopic (exact) mass is 570 g/mol. The second-order valence-electron chi connectivity index (χ2n) is 11.1. The molecule has 0 radical (unpaired) electrons. The normalized spacial score (nSPS) is 13.2. The fourth-order valence-electron chi connectivity index (χ4n) is 5.04. The van der Waals surface area contributed by atoms with Crippen LogP contribution in [0.15, 0.2) is 49.4 Å². The first-order valence-corrected chi connectivity index (χ1v) is 14.4. The molecule has 0 saturated heterocycles. The van der Waals surface area contributed by atoms with E-state index in [4.69, 9.17) is 16.6 Å². The van der Waals surface area contributed by atoms with E-state index in [2.05, 4.69) is 38.1 Å². The van der Waals surface area contributed by atoms with E-state index in [0.29, 0.717) is 29.5 Å². The van der Waals surface area contributed by atoms with Gasteiger partial charge in [-0.1, -0.05) is 31.5 Å². The summed E-state index contributed by atoms with van der Waals surface area (Å²) in [5.74, 6) is 0.365. The highest BCUT2D eigenvalue weighted by molar-refractivity contribution is 6.31. The molecule has 1 saturated carbocycles. The summed E-state index contributed by atoms with van der Waals surface area (Å²) in [7, 11) is 0. The summed E-state index contributed by atoms with van der Waals surface area (Å²) >= 11 is 6.28. The van der Waals surface area contributed by atoms with Gasteiger partial charge in [0.25, 0.3) is 5.91 Å². The van der Waals surface area contributed by atoms with E-state index >= 15 is 0 Å². The summed E-state index contributed by atoms with van der Waals surface area (Å²) in [6, 6.07) is 6.46. The molecule has 0 spiro atoms. The predicted octanol–water partition coefficient (Wildman–Crippen LogP) is 6.11. The molecule has 6 rings (SSSR count). The maximum atomic E-state index is 12.9. The maximum Gasteiger partial charge on any atom is 0.254 e. The summed E-state index contributed by atoms with van der Waals surface area (Å²) in [5, 5.41) is 17.6. The number of aryl methyl sites for hydroxylation is 1. The average molecular weight is 571 g/mol. The lowest BCUT2D eigenvalue weighted by atomic mass is 9.87. The first kappa shape index (κ1) is 28.4. The van der Waals surface area contributed by atoms with Crippen LogP contribution in [0.25, 0.3) is 11.2 Å². The fourth-order valence-corrected chi connectivity index (χ4v) is 5.19. The van der Waals surface area contributed by atoms with Gasteiger partial charge in [-0.05, 0) is 68.7 Å². The van der Waals surface area contributed by atoms with E-state index in [1.165, 1.54) is 18.4 Å². The van der Waals surface area contributed by atoms with E-state index < -0.39 is 5.41 Å². The van der Waals surface area contributed by atoms with Gasteiger partial charge in [-0.3, -0.25) is 9.48 Å². The number of aromatic nitrogens is 6. The van der Waals surface area contributed by atoms with Crippen molar-refractivity contribution in [2.75, 3.05) is 0 Å². The van der Waals surface area contributed by atoms with Gasteiger partial charge in [0, 0.05) is 29.8 Å². The van der Waals surface area contributed by atoms with Crippen molar-refractivity contribution in [3.05, 3.63) is 88.1 Å². The Labute approximate surface area is 244 Å². The summed E-state index contributed by atoms with van der Waals surface area (Å²) < 4.78 is 5.69. The first-order valence-electron chi connectivity index (χ1n) is 14.0. The maximum absolute atomic E-state index is 12.9. The van der Waals surface area contributed by atoms with Crippen LogP contribution in [0.2, 0.25) is 5.02 Å². The molecule has 0 aliphatic heterocycles. The van der Waals surface area contributed by atoms with Crippen molar-refractivity contribution in [3.63, 3.8) is 0 Å². The molecule has 5 heterocycles. The van der Waals surface area contributed by atoms with Crippen LogP contribution in [-0.2, 0) is 19.5 Å². The van der Waals surface area contributed by atoms with E-state index in [0.717, 1.165) is 33.7 Å². The predicted molar refractivity (Wildman–Crippen MR) is 159 cm³/mol. The standard InChI is InChI=1S/C29H29ClN8O.C2H6/c1-18-24(30)6-7-36-17-33-25(26(18)36)11-32-28(39)22-10-34-38(13-22)15-23-14-37-12-21(19-4-5-19)8-20(27(37)35-23)9-29(2,3)16-31;1-2/h6-8,10,12-14,17,19H,4-5,9,11,15H2,1-3H3,(H,32,39);1-2H3. The Morgan fingerprint density at radius 2 is 2.00 bits per heavy atom.